The summed E-state index contributed by atoms with van der Waals surface area (Å²) in [5, 5.41) is 1.37. The number of halogens is 1. The van der Waals surface area contributed by atoms with Crippen LogP contribution in [0, 0.1) is 5.82 Å². The fraction of sp³-hybridized carbons (Fsp3) is 0.214. The number of benzene rings is 2. The minimum atomic E-state index is -0.401. The van der Waals surface area contributed by atoms with E-state index in [-0.39, 0.29) is 12.2 Å². The van der Waals surface area contributed by atoms with E-state index < -0.39 is 5.97 Å². The normalized spacial score (nSPS) is 10.5. The molecule has 0 spiro atoms. The summed E-state index contributed by atoms with van der Waals surface area (Å²) >= 11 is 0. The van der Waals surface area contributed by atoms with Gasteiger partial charge in [0.25, 0.3) is 0 Å². The summed E-state index contributed by atoms with van der Waals surface area (Å²) in [6.07, 6.45) is -0.0233. The number of hydrogen-bond acceptors (Lipinski definition) is 2. The van der Waals surface area contributed by atoms with E-state index in [0.29, 0.717) is 17.6 Å². The van der Waals surface area contributed by atoms with Crippen LogP contribution in [0.4, 0.5) is 4.39 Å². The molecule has 0 fully saturated rings. The number of hydrogen-bond donors (Lipinski definition) is 0. The molecule has 0 bridgehead atoms. The van der Waals surface area contributed by atoms with Gasteiger partial charge < -0.3 is 4.74 Å². The molecule has 0 radical (unpaired) electrons. The summed E-state index contributed by atoms with van der Waals surface area (Å²) in [6.45, 7) is 2.04. The lowest BCUT2D eigenvalue weighted by Gasteiger charge is -2.06. The van der Waals surface area contributed by atoms with Crippen LogP contribution in [0.15, 0.2) is 36.4 Å². The zero-order valence-corrected chi connectivity index (χ0v) is 9.57. The molecule has 3 heteroatoms. The third-order valence-corrected chi connectivity index (χ3v) is 2.58. The van der Waals surface area contributed by atoms with Gasteiger partial charge in [-0.25, -0.2) is 4.39 Å². The molecular formula is C14H13FO2. The molecule has 2 aromatic carbocycles. The minimum Gasteiger partial charge on any atom is -0.466 e. The van der Waals surface area contributed by atoms with Crippen molar-refractivity contribution in [3.8, 4) is 0 Å². The summed E-state index contributed by atoms with van der Waals surface area (Å²) in [5.41, 5.74) is 0.377. The van der Waals surface area contributed by atoms with Gasteiger partial charge in [-0.05, 0) is 17.9 Å². The van der Waals surface area contributed by atoms with Gasteiger partial charge >= 0.3 is 5.97 Å². The Morgan fingerprint density at radius 3 is 2.76 bits per heavy atom. The minimum absolute atomic E-state index is 0.0233. The second kappa shape index (κ2) is 4.95. The van der Waals surface area contributed by atoms with E-state index >= 15 is 0 Å². The number of carbonyl (C=O) groups is 1. The van der Waals surface area contributed by atoms with E-state index in [2.05, 4.69) is 0 Å². The molecule has 0 saturated heterocycles. The van der Waals surface area contributed by atoms with Gasteiger partial charge in [-0.3, -0.25) is 4.79 Å². The second-order valence-corrected chi connectivity index (χ2v) is 3.74. The number of esters is 1. The lowest BCUT2D eigenvalue weighted by molar-refractivity contribution is -0.142. The van der Waals surface area contributed by atoms with Gasteiger partial charge in [-0.1, -0.05) is 36.4 Å². The van der Waals surface area contributed by atoms with E-state index in [0.717, 1.165) is 5.39 Å². The van der Waals surface area contributed by atoms with Crippen molar-refractivity contribution in [1.29, 1.82) is 0 Å². The van der Waals surface area contributed by atoms with Crippen LogP contribution in [0.5, 0.6) is 0 Å². The average Bonchev–Trinajstić information content (AvgIpc) is 2.33. The molecular weight excluding hydrogens is 219 g/mol. The van der Waals surface area contributed by atoms with Crippen LogP contribution in [0.25, 0.3) is 10.8 Å². The average molecular weight is 232 g/mol. The van der Waals surface area contributed by atoms with Crippen LogP contribution in [0.3, 0.4) is 0 Å². The van der Waals surface area contributed by atoms with Crippen molar-refractivity contribution in [2.45, 2.75) is 13.3 Å². The lowest BCUT2D eigenvalue weighted by Crippen LogP contribution is -2.08. The predicted molar refractivity (Wildman–Crippen MR) is 64.2 cm³/mol. The molecule has 88 valence electrons. The van der Waals surface area contributed by atoms with Crippen molar-refractivity contribution in [1.82, 2.24) is 0 Å². The number of fused-ring (bicyclic) bond motifs is 1. The topological polar surface area (TPSA) is 26.3 Å². The summed E-state index contributed by atoms with van der Waals surface area (Å²) in [6, 6.07) is 10.6. The smallest absolute Gasteiger partial charge is 0.310 e. The Morgan fingerprint density at radius 1 is 1.24 bits per heavy atom. The number of carbonyl (C=O) groups excluding carboxylic acids is 1. The highest BCUT2D eigenvalue weighted by atomic mass is 19.1. The van der Waals surface area contributed by atoms with E-state index in [1.807, 2.05) is 18.2 Å². The number of ether oxygens (including phenoxy) is 1. The molecule has 0 heterocycles. The van der Waals surface area contributed by atoms with Crippen molar-refractivity contribution >= 4 is 16.7 Å². The lowest BCUT2D eigenvalue weighted by atomic mass is 10.0. The third kappa shape index (κ3) is 2.44. The maximum atomic E-state index is 14.1. The van der Waals surface area contributed by atoms with Gasteiger partial charge in [0.2, 0.25) is 0 Å². The van der Waals surface area contributed by atoms with Gasteiger partial charge in [0, 0.05) is 5.39 Å². The molecule has 0 amide bonds. The summed E-state index contributed by atoms with van der Waals surface area (Å²) in [5.74, 6) is -0.738. The van der Waals surface area contributed by atoms with Crippen molar-refractivity contribution in [2.75, 3.05) is 6.61 Å². The molecule has 0 atom stereocenters. The van der Waals surface area contributed by atoms with Crippen LogP contribution in [0.2, 0.25) is 0 Å². The molecule has 0 aromatic heterocycles. The standard InChI is InChI=1S/C14H13FO2/c1-2-17-13(16)9-11-8-7-10-5-3-4-6-12(10)14(11)15/h3-8H,2,9H2,1H3. The van der Waals surface area contributed by atoms with Gasteiger partial charge in [0.15, 0.2) is 0 Å². The summed E-state index contributed by atoms with van der Waals surface area (Å²) in [4.78, 5) is 11.3. The Kier molecular flexibility index (Phi) is 3.38. The van der Waals surface area contributed by atoms with Crippen LogP contribution >= 0.6 is 0 Å². The molecule has 0 aliphatic carbocycles. The first-order valence-corrected chi connectivity index (χ1v) is 5.54. The predicted octanol–water partition coefficient (Wildman–Crippen LogP) is 3.08. The summed E-state index contributed by atoms with van der Waals surface area (Å²) < 4.78 is 18.9. The van der Waals surface area contributed by atoms with Gasteiger partial charge in [-0.2, -0.15) is 0 Å². The molecule has 0 saturated carbocycles. The molecule has 0 aliphatic rings. The summed E-state index contributed by atoms with van der Waals surface area (Å²) in [7, 11) is 0. The Bertz CT molecular complexity index is 549. The van der Waals surface area contributed by atoms with Crippen molar-refractivity contribution in [3.05, 3.63) is 47.8 Å². The Balaban J connectivity index is 2.36. The molecule has 2 nitrogen and oxygen atoms in total. The molecule has 2 rings (SSSR count). The maximum absolute atomic E-state index is 14.1. The third-order valence-electron chi connectivity index (χ3n) is 2.58. The van der Waals surface area contributed by atoms with Gasteiger partial charge in [0.05, 0.1) is 13.0 Å². The maximum Gasteiger partial charge on any atom is 0.310 e. The first-order valence-electron chi connectivity index (χ1n) is 5.54. The highest BCUT2D eigenvalue weighted by Gasteiger charge is 2.11. The van der Waals surface area contributed by atoms with E-state index in [9.17, 15) is 9.18 Å². The van der Waals surface area contributed by atoms with Crippen LogP contribution < -0.4 is 0 Å². The molecule has 0 unspecified atom stereocenters. The van der Waals surface area contributed by atoms with Crippen LogP contribution in [-0.4, -0.2) is 12.6 Å². The highest BCUT2D eigenvalue weighted by Crippen LogP contribution is 2.21. The van der Waals surface area contributed by atoms with Crippen LogP contribution in [-0.2, 0) is 16.0 Å². The quantitative estimate of drug-likeness (QED) is 0.760. The first-order chi connectivity index (χ1) is 8.22. The first kappa shape index (κ1) is 11.6. The Labute approximate surface area is 99.0 Å². The van der Waals surface area contributed by atoms with Crippen LogP contribution in [0.1, 0.15) is 12.5 Å². The largest absolute Gasteiger partial charge is 0.466 e. The van der Waals surface area contributed by atoms with Crippen molar-refractivity contribution < 1.29 is 13.9 Å². The van der Waals surface area contributed by atoms with Gasteiger partial charge in [-0.15, -0.1) is 0 Å². The van der Waals surface area contributed by atoms with Crippen molar-refractivity contribution in [2.24, 2.45) is 0 Å². The number of rotatable bonds is 3. The molecule has 17 heavy (non-hydrogen) atoms. The Hall–Kier alpha value is -1.90. The molecule has 0 N–H and O–H groups in total. The van der Waals surface area contributed by atoms with E-state index in [4.69, 9.17) is 4.74 Å². The highest BCUT2D eigenvalue weighted by molar-refractivity contribution is 5.85. The zero-order valence-electron chi connectivity index (χ0n) is 9.57. The fourth-order valence-corrected chi connectivity index (χ4v) is 1.78. The molecule has 0 aliphatic heterocycles. The SMILES string of the molecule is CCOC(=O)Cc1ccc2ccccc2c1F. The second-order valence-electron chi connectivity index (χ2n) is 3.74. The van der Waals surface area contributed by atoms with E-state index in [1.54, 1.807) is 25.1 Å². The zero-order chi connectivity index (χ0) is 12.3. The Morgan fingerprint density at radius 2 is 2.00 bits per heavy atom. The fourth-order valence-electron chi connectivity index (χ4n) is 1.78. The van der Waals surface area contributed by atoms with Crippen molar-refractivity contribution in [3.63, 3.8) is 0 Å². The molecule has 2 aromatic rings. The van der Waals surface area contributed by atoms with Gasteiger partial charge in [0.1, 0.15) is 5.82 Å². The monoisotopic (exact) mass is 232 g/mol. The van der Waals surface area contributed by atoms with E-state index in [1.165, 1.54) is 0 Å².